The van der Waals surface area contributed by atoms with Gasteiger partial charge in [0, 0.05) is 15.6 Å². The molecule has 0 saturated heterocycles. The molecule has 0 aromatic heterocycles. The van der Waals surface area contributed by atoms with Gasteiger partial charge in [-0.2, -0.15) is 0 Å². The number of rotatable bonds is 4. The molecule has 0 bridgehead atoms. The summed E-state index contributed by atoms with van der Waals surface area (Å²) in [6.07, 6.45) is 0. The summed E-state index contributed by atoms with van der Waals surface area (Å²) < 4.78 is 20.0. The summed E-state index contributed by atoms with van der Waals surface area (Å²) in [6, 6.07) is 10.0. The molecule has 0 unspecified atom stereocenters. The zero-order valence-electron chi connectivity index (χ0n) is 10.8. The second kappa shape index (κ2) is 6.33. The molecular formula is C15H13BrFNOS. The molecule has 0 radical (unpaired) electrons. The minimum atomic E-state index is -0.337. The number of halogens is 2. The van der Waals surface area contributed by atoms with E-state index in [9.17, 15) is 4.39 Å². The van der Waals surface area contributed by atoms with E-state index in [0.717, 1.165) is 15.8 Å². The van der Waals surface area contributed by atoms with Crippen LogP contribution in [0.5, 0.6) is 5.75 Å². The Bertz CT molecular complexity index is 660. The largest absolute Gasteiger partial charge is 0.489 e. The van der Waals surface area contributed by atoms with E-state index >= 15 is 0 Å². The van der Waals surface area contributed by atoms with E-state index in [4.69, 9.17) is 22.7 Å². The Morgan fingerprint density at radius 2 is 2.05 bits per heavy atom. The van der Waals surface area contributed by atoms with Gasteiger partial charge in [0.15, 0.2) is 0 Å². The number of thiocarbonyl (C=S) groups is 1. The third-order valence-electron chi connectivity index (χ3n) is 2.85. The van der Waals surface area contributed by atoms with Crippen molar-refractivity contribution in [2.45, 2.75) is 13.5 Å². The monoisotopic (exact) mass is 353 g/mol. The Morgan fingerprint density at radius 3 is 2.70 bits per heavy atom. The predicted octanol–water partition coefficient (Wildman–Crippen LogP) is 4.11. The maximum atomic E-state index is 13.3. The normalized spacial score (nSPS) is 10.3. The molecule has 2 N–H and O–H groups in total. The fraction of sp³-hybridized carbons (Fsp3) is 0.133. The van der Waals surface area contributed by atoms with Crippen LogP contribution >= 0.6 is 28.1 Å². The van der Waals surface area contributed by atoms with E-state index in [-0.39, 0.29) is 17.4 Å². The van der Waals surface area contributed by atoms with Crippen LogP contribution in [0.4, 0.5) is 4.39 Å². The fourth-order valence-electron chi connectivity index (χ4n) is 1.85. The number of ether oxygens (including phenoxy) is 1. The van der Waals surface area contributed by atoms with Crippen LogP contribution in [0.15, 0.2) is 40.9 Å². The topological polar surface area (TPSA) is 35.2 Å². The molecule has 0 aliphatic rings. The summed E-state index contributed by atoms with van der Waals surface area (Å²) in [7, 11) is 0. The number of aryl methyl sites for hydroxylation is 1. The second-order valence-corrected chi connectivity index (χ2v) is 5.72. The lowest BCUT2D eigenvalue weighted by molar-refractivity contribution is 0.303. The first kappa shape index (κ1) is 14.9. The highest BCUT2D eigenvalue weighted by Crippen LogP contribution is 2.23. The summed E-state index contributed by atoms with van der Waals surface area (Å²) in [5.74, 6) is 0.405. The van der Waals surface area contributed by atoms with Gasteiger partial charge in [-0.15, -0.1) is 0 Å². The van der Waals surface area contributed by atoms with Crippen molar-refractivity contribution in [3.05, 3.63) is 63.4 Å². The molecule has 0 heterocycles. The molecule has 0 fully saturated rings. The van der Waals surface area contributed by atoms with E-state index in [2.05, 4.69) is 15.9 Å². The quantitative estimate of drug-likeness (QED) is 0.840. The number of benzene rings is 2. The molecule has 2 rings (SSSR count). The van der Waals surface area contributed by atoms with Gasteiger partial charge in [0.1, 0.15) is 23.2 Å². The van der Waals surface area contributed by atoms with Crippen LogP contribution in [0.2, 0.25) is 0 Å². The van der Waals surface area contributed by atoms with Crippen LogP contribution in [-0.2, 0) is 6.61 Å². The third kappa shape index (κ3) is 3.55. The average molecular weight is 354 g/mol. The highest BCUT2D eigenvalue weighted by molar-refractivity contribution is 9.10. The smallest absolute Gasteiger partial charge is 0.123 e. The summed E-state index contributed by atoms with van der Waals surface area (Å²) in [4.78, 5) is 0.233. The first-order chi connectivity index (χ1) is 9.47. The van der Waals surface area contributed by atoms with Crippen LogP contribution in [-0.4, -0.2) is 4.99 Å². The van der Waals surface area contributed by atoms with Gasteiger partial charge in [0.2, 0.25) is 0 Å². The Kier molecular flexibility index (Phi) is 4.73. The molecule has 0 amide bonds. The Balaban J connectivity index is 2.22. The van der Waals surface area contributed by atoms with Crippen molar-refractivity contribution in [1.29, 1.82) is 0 Å². The Morgan fingerprint density at radius 1 is 1.30 bits per heavy atom. The van der Waals surface area contributed by atoms with Gasteiger partial charge in [0.05, 0.1) is 0 Å². The van der Waals surface area contributed by atoms with Gasteiger partial charge in [-0.05, 0) is 48.9 Å². The molecule has 0 spiro atoms. The third-order valence-corrected chi connectivity index (χ3v) is 3.57. The van der Waals surface area contributed by atoms with Crippen molar-refractivity contribution in [2.75, 3.05) is 0 Å². The Hall–Kier alpha value is -1.46. The maximum absolute atomic E-state index is 13.3. The van der Waals surface area contributed by atoms with Crippen molar-refractivity contribution in [2.24, 2.45) is 5.73 Å². The summed E-state index contributed by atoms with van der Waals surface area (Å²) >= 11 is 8.35. The van der Waals surface area contributed by atoms with E-state index in [1.165, 1.54) is 12.1 Å². The molecule has 20 heavy (non-hydrogen) atoms. The summed E-state index contributed by atoms with van der Waals surface area (Å²) in [6.45, 7) is 2.16. The molecular weight excluding hydrogens is 341 g/mol. The van der Waals surface area contributed by atoms with Crippen molar-refractivity contribution in [3.63, 3.8) is 0 Å². The molecule has 2 aromatic carbocycles. The highest BCUT2D eigenvalue weighted by Gasteiger charge is 2.08. The van der Waals surface area contributed by atoms with E-state index < -0.39 is 0 Å². The number of hydrogen-bond acceptors (Lipinski definition) is 2. The molecule has 5 heteroatoms. The lowest BCUT2D eigenvalue weighted by Gasteiger charge is -2.12. The van der Waals surface area contributed by atoms with Crippen LogP contribution in [0.3, 0.4) is 0 Å². The first-order valence-electron chi connectivity index (χ1n) is 5.94. The lowest BCUT2D eigenvalue weighted by atomic mass is 10.1. The minimum absolute atomic E-state index is 0.215. The van der Waals surface area contributed by atoms with Gasteiger partial charge in [-0.1, -0.05) is 28.1 Å². The van der Waals surface area contributed by atoms with Crippen LogP contribution in [0, 0.1) is 12.7 Å². The molecule has 0 aliphatic carbocycles. The van der Waals surface area contributed by atoms with Crippen molar-refractivity contribution >= 4 is 33.1 Å². The van der Waals surface area contributed by atoms with Gasteiger partial charge in [-0.25, -0.2) is 4.39 Å². The zero-order valence-corrected chi connectivity index (χ0v) is 13.2. The molecule has 0 atom stereocenters. The molecule has 104 valence electrons. The maximum Gasteiger partial charge on any atom is 0.123 e. The average Bonchev–Trinajstić information content (AvgIpc) is 2.37. The predicted molar refractivity (Wildman–Crippen MR) is 85.5 cm³/mol. The molecule has 0 aliphatic heterocycles. The Labute approximate surface area is 130 Å². The lowest BCUT2D eigenvalue weighted by Crippen LogP contribution is -2.14. The standard InChI is InChI=1S/C15H13BrFNOS/c1-9-6-11(16)2-5-14(9)19-8-10-7-12(17)3-4-13(10)15(18)20/h2-7H,8H2,1H3,(H2,18,20). The second-order valence-electron chi connectivity index (χ2n) is 4.36. The zero-order chi connectivity index (χ0) is 14.7. The van der Waals surface area contributed by atoms with E-state index in [1.54, 1.807) is 6.07 Å². The van der Waals surface area contributed by atoms with Crippen molar-refractivity contribution in [1.82, 2.24) is 0 Å². The number of nitrogens with two attached hydrogens (primary N) is 1. The fourth-order valence-corrected chi connectivity index (χ4v) is 2.53. The van der Waals surface area contributed by atoms with E-state index in [0.29, 0.717) is 11.1 Å². The highest BCUT2D eigenvalue weighted by atomic mass is 79.9. The summed E-state index contributed by atoms with van der Waals surface area (Å²) in [5, 5.41) is 0. The minimum Gasteiger partial charge on any atom is -0.489 e. The van der Waals surface area contributed by atoms with Crippen LogP contribution in [0.25, 0.3) is 0 Å². The van der Waals surface area contributed by atoms with Crippen molar-refractivity contribution < 1.29 is 9.13 Å². The van der Waals surface area contributed by atoms with Crippen LogP contribution in [0.1, 0.15) is 16.7 Å². The van der Waals surface area contributed by atoms with Gasteiger partial charge >= 0.3 is 0 Å². The summed E-state index contributed by atoms with van der Waals surface area (Å²) in [5.41, 5.74) is 7.90. The van der Waals surface area contributed by atoms with Gasteiger partial charge in [-0.3, -0.25) is 0 Å². The molecule has 2 nitrogen and oxygen atoms in total. The van der Waals surface area contributed by atoms with Gasteiger partial charge in [0.25, 0.3) is 0 Å². The van der Waals surface area contributed by atoms with E-state index in [1.807, 2.05) is 25.1 Å². The SMILES string of the molecule is Cc1cc(Br)ccc1OCc1cc(F)ccc1C(N)=S. The van der Waals surface area contributed by atoms with Crippen molar-refractivity contribution in [3.8, 4) is 5.75 Å². The number of hydrogen-bond donors (Lipinski definition) is 1. The molecule has 2 aromatic rings. The van der Waals surface area contributed by atoms with Crippen LogP contribution < -0.4 is 10.5 Å². The molecule has 0 saturated carbocycles. The first-order valence-corrected chi connectivity index (χ1v) is 7.14. The van der Waals surface area contributed by atoms with Gasteiger partial charge < -0.3 is 10.5 Å².